The lowest BCUT2D eigenvalue weighted by Crippen LogP contribution is -2.59. The number of hydrogen-bond donors (Lipinski definition) is 3. The summed E-state index contributed by atoms with van der Waals surface area (Å²) in [7, 11) is -2.31. The van der Waals surface area contributed by atoms with Gasteiger partial charge in [-0.1, -0.05) is 74.7 Å². The number of nitrogens with zero attached hydrogens (tertiary/aromatic N) is 2. The zero-order valence-corrected chi connectivity index (χ0v) is 35.6. The molecule has 0 radical (unpaired) electrons. The number of alkyl carbamates (subject to hydrolysis) is 1. The third-order valence-electron chi connectivity index (χ3n) is 12.9. The second kappa shape index (κ2) is 17.5. The highest BCUT2D eigenvalue weighted by atomic mass is 32.2. The SMILES string of the molecule is C=C[C@@H]1C[C@]1(NC(=O)[C@@H]1C[C@@H]2CN1C(=O)[C@H](C1CCCCC1)NC(=O)OCC(C)CCC=Cc1cc3c(cc(-c4ccccc4)nc3cc1OC)O2)C(=O)NS(=O)(=O)C1CC1. The van der Waals surface area contributed by atoms with Gasteiger partial charge in [0.2, 0.25) is 21.8 Å². The van der Waals surface area contributed by atoms with E-state index in [1.54, 1.807) is 7.11 Å². The lowest BCUT2D eigenvalue weighted by atomic mass is 9.83. The number of carbonyl (C=O) groups excluding carboxylic acids is 4. The van der Waals surface area contributed by atoms with Crippen molar-refractivity contribution in [2.45, 2.75) is 107 Å². The Balaban J connectivity index is 1.19. The van der Waals surface area contributed by atoms with Gasteiger partial charge in [-0.15, -0.1) is 6.58 Å². The first-order chi connectivity index (χ1) is 29.4. The number of pyridine rings is 1. The number of cyclic esters (lactones) is 1. The molecular formula is C46H55N5O9S. The molecule has 3 aromatic rings. The van der Waals surface area contributed by atoms with Crippen LogP contribution in [0.15, 0.2) is 67.3 Å². The third kappa shape index (κ3) is 9.12. The van der Waals surface area contributed by atoms with Crippen molar-refractivity contribution in [3.8, 4) is 22.8 Å². The Morgan fingerprint density at radius 2 is 1.82 bits per heavy atom. The lowest BCUT2D eigenvalue weighted by molar-refractivity contribution is -0.142. The molecule has 0 spiro atoms. The fourth-order valence-corrected chi connectivity index (χ4v) is 10.4. The van der Waals surface area contributed by atoms with Crippen molar-refractivity contribution in [3.05, 3.63) is 72.8 Å². The van der Waals surface area contributed by atoms with Crippen LogP contribution in [0.4, 0.5) is 4.79 Å². The predicted octanol–water partition coefficient (Wildman–Crippen LogP) is 6.05. The van der Waals surface area contributed by atoms with Crippen LogP contribution in [-0.2, 0) is 29.1 Å². The fourth-order valence-electron chi connectivity index (χ4n) is 9.06. The maximum absolute atomic E-state index is 15.0. The van der Waals surface area contributed by atoms with E-state index in [1.165, 1.54) is 11.0 Å². The maximum atomic E-state index is 15.0. The van der Waals surface area contributed by atoms with Gasteiger partial charge in [0, 0.05) is 41.0 Å². The summed E-state index contributed by atoms with van der Waals surface area (Å²) in [6.07, 6.45) is 10.9. The van der Waals surface area contributed by atoms with Gasteiger partial charge in [-0.2, -0.15) is 0 Å². The van der Waals surface area contributed by atoms with E-state index >= 15 is 4.79 Å². The highest BCUT2D eigenvalue weighted by Crippen LogP contribution is 2.46. The Morgan fingerprint density at radius 1 is 1.05 bits per heavy atom. The van der Waals surface area contributed by atoms with Crippen molar-refractivity contribution in [2.24, 2.45) is 17.8 Å². The number of nitrogens with one attached hydrogen (secondary N) is 3. The van der Waals surface area contributed by atoms with Crippen molar-refractivity contribution in [1.29, 1.82) is 0 Å². The Kier molecular flexibility index (Phi) is 12.1. The summed E-state index contributed by atoms with van der Waals surface area (Å²) in [5, 5.41) is 5.84. The molecule has 4 fully saturated rings. The number of fused-ring (bicyclic) bond motifs is 3. The van der Waals surface area contributed by atoms with Crippen molar-refractivity contribution < 1.29 is 41.8 Å². The molecule has 14 nitrogen and oxygen atoms in total. The third-order valence-corrected chi connectivity index (χ3v) is 14.7. The summed E-state index contributed by atoms with van der Waals surface area (Å²) in [5.41, 5.74) is 1.38. The van der Waals surface area contributed by atoms with Crippen molar-refractivity contribution in [1.82, 2.24) is 25.2 Å². The minimum absolute atomic E-state index is 0.0125. The van der Waals surface area contributed by atoms with E-state index in [0.717, 1.165) is 43.2 Å². The first-order valence-corrected chi connectivity index (χ1v) is 23.1. The number of carbonyl (C=O) groups is 4. The van der Waals surface area contributed by atoms with Crippen molar-refractivity contribution in [3.63, 3.8) is 0 Å². The lowest BCUT2D eigenvalue weighted by Gasteiger charge is -2.34. The highest BCUT2D eigenvalue weighted by molar-refractivity contribution is 7.91. The van der Waals surface area contributed by atoms with Crippen LogP contribution in [0.5, 0.6) is 11.5 Å². The number of amides is 4. The predicted molar refractivity (Wildman–Crippen MR) is 230 cm³/mol. The van der Waals surface area contributed by atoms with E-state index < -0.39 is 68.7 Å². The highest BCUT2D eigenvalue weighted by Gasteiger charge is 2.62. The molecule has 6 atom stereocenters. The quantitative estimate of drug-likeness (QED) is 0.215. The van der Waals surface area contributed by atoms with Gasteiger partial charge in [0.05, 0.1) is 36.7 Å². The molecule has 1 saturated heterocycles. The maximum Gasteiger partial charge on any atom is 0.407 e. The number of rotatable bonds is 9. The smallest absolute Gasteiger partial charge is 0.407 e. The van der Waals surface area contributed by atoms with Gasteiger partial charge < -0.3 is 29.7 Å². The minimum Gasteiger partial charge on any atom is -0.496 e. The van der Waals surface area contributed by atoms with Gasteiger partial charge in [0.25, 0.3) is 5.91 Å². The fraction of sp³-hybridized carbons (Fsp3) is 0.500. The Hall–Kier alpha value is -5.44. The first kappa shape index (κ1) is 42.3. The van der Waals surface area contributed by atoms with E-state index in [2.05, 4.69) is 28.0 Å². The monoisotopic (exact) mass is 853 g/mol. The van der Waals surface area contributed by atoms with Gasteiger partial charge in [0.1, 0.15) is 35.2 Å². The standard InChI is InChI=1S/C46H55N5O9S/c1-4-32-25-46(32,44(54)50-61(56,57)34-19-20-34)49-42(52)38-22-33-26-51(38)43(53)41(30-16-9-6-10-17-30)48-45(55)59-27-28(2)13-11-12-18-31-21-35-37(24-39(31)58-3)47-36(23-40(35)60-33)29-14-7-5-8-15-29/h4-5,7-8,12,14-15,18,21,23-24,28,30,32-34,38,41H,1,6,9-11,13,16-17,19-20,22,25-27H2,2-3H3,(H,48,55)(H,49,52)(H,50,54)/t28?,32-,33-,38+,41+,46-/m1/s1. The normalized spacial score (nSPS) is 27.4. The van der Waals surface area contributed by atoms with E-state index in [9.17, 15) is 22.8 Å². The van der Waals surface area contributed by atoms with Gasteiger partial charge in [-0.05, 0) is 62.8 Å². The molecule has 2 aliphatic heterocycles. The molecule has 324 valence electrons. The van der Waals surface area contributed by atoms with E-state index in [1.807, 2.05) is 61.5 Å². The number of methoxy groups -OCH3 is 1. The number of hydrogen-bond acceptors (Lipinski definition) is 10. The summed E-state index contributed by atoms with van der Waals surface area (Å²) >= 11 is 0. The topological polar surface area (TPSA) is 182 Å². The molecule has 3 N–H and O–H groups in total. The molecule has 1 unspecified atom stereocenters. The molecule has 15 heteroatoms. The zero-order valence-electron chi connectivity index (χ0n) is 34.8. The van der Waals surface area contributed by atoms with Crippen LogP contribution in [0.1, 0.15) is 83.1 Å². The van der Waals surface area contributed by atoms with Crippen LogP contribution < -0.4 is 24.8 Å². The molecule has 5 aliphatic rings. The van der Waals surface area contributed by atoms with Crippen LogP contribution in [0.3, 0.4) is 0 Å². The minimum atomic E-state index is -3.92. The summed E-state index contributed by atoms with van der Waals surface area (Å²) < 4.78 is 46.4. The molecule has 3 aliphatic carbocycles. The zero-order chi connectivity index (χ0) is 42.9. The van der Waals surface area contributed by atoms with E-state index in [4.69, 9.17) is 19.2 Å². The van der Waals surface area contributed by atoms with Gasteiger partial charge in [-0.25, -0.2) is 18.2 Å². The molecule has 3 heterocycles. The average molecular weight is 854 g/mol. The molecule has 2 aromatic carbocycles. The van der Waals surface area contributed by atoms with Gasteiger partial charge in [-0.3, -0.25) is 19.1 Å². The molecule has 3 saturated carbocycles. The van der Waals surface area contributed by atoms with Gasteiger partial charge in [0.15, 0.2) is 0 Å². The number of ether oxygens (including phenoxy) is 3. The van der Waals surface area contributed by atoms with E-state index in [0.29, 0.717) is 53.8 Å². The van der Waals surface area contributed by atoms with Crippen LogP contribution in [0.25, 0.3) is 28.2 Å². The summed E-state index contributed by atoms with van der Waals surface area (Å²) in [5.74, 6) is -1.49. The molecular weight excluding hydrogens is 799 g/mol. The molecule has 4 amide bonds. The number of aromatic nitrogens is 1. The second-order valence-electron chi connectivity index (χ2n) is 17.4. The van der Waals surface area contributed by atoms with Crippen molar-refractivity contribution in [2.75, 3.05) is 20.3 Å². The number of allylic oxidation sites excluding steroid dienone is 1. The Bertz CT molecular complexity index is 2330. The van der Waals surface area contributed by atoms with Crippen LogP contribution in [-0.4, -0.2) is 91.4 Å². The van der Waals surface area contributed by atoms with E-state index in [-0.39, 0.29) is 37.8 Å². The average Bonchev–Trinajstić information content (AvgIpc) is 4.20. The van der Waals surface area contributed by atoms with Crippen LogP contribution in [0.2, 0.25) is 0 Å². The molecule has 61 heavy (non-hydrogen) atoms. The molecule has 4 bridgehead atoms. The molecule has 8 rings (SSSR count). The number of sulfonamides is 1. The summed E-state index contributed by atoms with van der Waals surface area (Å²) in [4.78, 5) is 63.4. The van der Waals surface area contributed by atoms with Crippen LogP contribution in [0, 0.1) is 17.8 Å². The summed E-state index contributed by atoms with van der Waals surface area (Å²) in [6, 6.07) is 13.3. The van der Waals surface area contributed by atoms with Crippen molar-refractivity contribution >= 4 is 50.8 Å². The first-order valence-electron chi connectivity index (χ1n) is 21.5. The van der Waals surface area contributed by atoms with Gasteiger partial charge >= 0.3 is 6.09 Å². The number of benzene rings is 2. The summed E-state index contributed by atoms with van der Waals surface area (Å²) in [6.45, 7) is 5.97. The second-order valence-corrected chi connectivity index (χ2v) is 19.3. The van der Waals surface area contributed by atoms with Crippen LogP contribution >= 0.6 is 0 Å². The Labute approximate surface area is 356 Å². The largest absolute Gasteiger partial charge is 0.496 e. The Morgan fingerprint density at radius 3 is 2.52 bits per heavy atom. The molecule has 1 aromatic heterocycles.